The average molecular weight is 233 g/mol. The van der Waals surface area contributed by atoms with E-state index < -0.39 is 26.5 Å². The summed E-state index contributed by atoms with van der Waals surface area (Å²) >= 11 is -1.88. The van der Waals surface area contributed by atoms with Gasteiger partial charge in [-0.3, -0.25) is 0 Å². The van der Waals surface area contributed by atoms with Crippen molar-refractivity contribution in [2.45, 2.75) is 31.2 Å². The van der Waals surface area contributed by atoms with Gasteiger partial charge >= 0.3 is 57.7 Å². The van der Waals surface area contributed by atoms with Gasteiger partial charge in [0.25, 0.3) is 0 Å². The second-order valence-electron chi connectivity index (χ2n) is 4.68. The fourth-order valence-electron chi connectivity index (χ4n) is 2.54. The van der Waals surface area contributed by atoms with Crippen molar-refractivity contribution in [3.63, 3.8) is 0 Å². The molecule has 0 aromatic heterocycles. The third kappa shape index (κ3) is 1.53. The van der Waals surface area contributed by atoms with E-state index >= 15 is 0 Å². The van der Waals surface area contributed by atoms with E-state index in [4.69, 9.17) is 0 Å². The maximum atomic E-state index is 2.58. The van der Waals surface area contributed by atoms with Gasteiger partial charge in [0.1, 0.15) is 0 Å². The molecule has 0 amide bonds. The van der Waals surface area contributed by atoms with Crippen LogP contribution in [-0.4, -0.2) is 26.5 Å². The monoisotopic (exact) mass is 236 g/mol. The van der Waals surface area contributed by atoms with Gasteiger partial charge in [0, 0.05) is 0 Å². The van der Waals surface area contributed by atoms with Gasteiger partial charge in [-0.1, -0.05) is 0 Å². The number of hydrogen-bond donors (Lipinski definition) is 0. The van der Waals surface area contributed by atoms with E-state index in [0.29, 0.717) is 0 Å². The van der Waals surface area contributed by atoms with Crippen LogP contribution in [0.4, 0.5) is 0 Å². The van der Waals surface area contributed by atoms with E-state index in [9.17, 15) is 0 Å². The summed E-state index contributed by atoms with van der Waals surface area (Å²) in [4.78, 5) is 0. The van der Waals surface area contributed by atoms with Crippen molar-refractivity contribution in [3.8, 4) is 0 Å². The van der Waals surface area contributed by atoms with Gasteiger partial charge in [0.2, 0.25) is 0 Å². The third-order valence-corrected chi connectivity index (χ3v) is 51.7. The molecule has 0 radical (unpaired) electrons. The molecule has 0 nitrogen and oxygen atoms in total. The first-order valence-electron chi connectivity index (χ1n) is 3.41. The van der Waals surface area contributed by atoms with E-state index in [1.807, 2.05) is 0 Å². The van der Waals surface area contributed by atoms with Gasteiger partial charge in [-0.05, 0) is 0 Å². The molecule has 0 aliphatic carbocycles. The molecule has 1 aliphatic heterocycles. The summed E-state index contributed by atoms with van der Waals surface area (Å²) in [7, 11) is 0. The molecule has 0 aromatic rings. The van der Waals surface area contributed by atoms with E-state index in [0.717, 1.165) is 0 Å². The van der Waals surface area contributed by atoms with E-state index in [2.05, 4.69) is 23.0 Å². The van der Waals surface area contributed by atoms with E-state index in [1.54, 1.807) is 8.17 Å². The Morgan fingerprint density at radius 2 is 1.00 bits per heavy atom. The topological polar surface area (TPSA) is 0 Å². The summed E-state index contributed by atoms with van der Waals surface area (Å²) in [6, 6.07) is 0. The molecule has 0 spiro atoms. The molecule has 48 valence electrons. The van der Waals surface area contributed by atoms with Crippen LogP contribution in [0.25, 0.3) is 0 Å². The minimum absolute atomic E-state index is 0.938. The Balaban J connectivity index is 2.42. The zero-order chi connectivity index (χ0) is 6.41. The first-order valence-corrected chi connectivity index (χ1v) is 17.7. The van der Waals surface area contributed by atoms with Gasteiger partial charge in [-0.2, -0.15) is 0 Å². The number of hydrogen-bond acceptors (Lipinski definition) is 0. The quantitative estimate of drug-likeness (QED) is 0.564. The first-order chi connectivity index (χ1) is 3.41. The molecular formula is C6H16Ge2. The van der Waals surface area contributed by atoms with Gasteiger partial charge in [0.15, 0.2) is 0 Å². The predicted octanol–water partition coefficient (Wildman–Crippen LogP) is 2.50. The van der Waals surface area contributed by atoms with Gasteiger partial charge < -0.3 is 0 Å². The zero-order valence-corrected chi connectivity index (χ0v) is 10.6. The fraction of sp³-hybridized carbons (Fsp3) is 1.00. The first kappa shape index (κ1) is 7.20. The third-order valence-electron chi connectivity index (χ3n) is 1.91. The van der Waals surface area contributed by atoms with Crippen LogP contribution in [0.15, 0.2) is 0 Å². The number of rotatable bonds is 0. The van der Waals surface area contributed by atoms with Crippen molar-refractivity contribution in [1.29, 1.82) is 0 Å². The van der Waals surface area contributed by atoms with Crippen molar-refractivity contribution in [1.82, 2.24) is 0 Å². The zero-order valence-electron chi connectivity index (χ0n) is 6.41. The van der Waals surface area contributed by atoms with E-state index in [-0.39, 0.29) is 0 Å². The summed E-state index contributed by atoms with van der Waals surface area (Å²) in [5.74, 6) is 10.3. The maximum absolute atomic E-state index is 2.58. The molecule has 1 aliphatic rings. The summed E-state index contributed by atoms with van der Waals surface area (Å²) in [5, 5.41) is 0. The Hall–Kier alpha value is 1.09. The molecule has 1 fully saturated rings. The molecule has 0 N–H and O–H groups in total. The molecular weight excluding hydrogens is 217 g/mol. The summed E-state index contributed by atoms with van der Waals surface area (Å²) in [6.07, 6.45) is 0. The molecule has 0 bridgehead atoms. The van der Waals surface area contributed by atoms with Gasteiger partial charge in [-0.15, -0.1) is 0 Å². The molecule has 1 heterocycles. The Labute approximate surface area is 57.8 Å². The van der Waals surface area contributed by atoms with Crippen molar-refractivity contribution >= 4 is 26.5 Å². The average Bonchev–Trinajstić information content (AvgIpc) is 1.20. The summed E-state index contributed by atoms with van der Waals surface area (Å²) in [6.45, 7) is 0. The van der Waals surface area contributed by atoms with Crippen LogP contribution in [0.1, 0.15) is 0 Å². The van der Waals surface area contributed by atoms with Crippen molar-refractivity contribution in [2.24, 2.45) is 0 Å². The fourth-order valence-corrected chi connectivity index (χ4v) is 68.6. The Bertz CT molecular complexity index is 83.1. The van der Waals surface area contributed by atoms with Crippen molar-refractivity contribution < 1.29 is 0 Å². The predicted molar refractivity (Wildman–Crippen MR) is 44.6 cm³/mol. The molecule has 1 rings (SSSR count). The summed E-state index contributed by atoms with van der Waals surface area (Å²) < 4.78 is 3.56. The van der Waals surface area contributed by atoms with Crippen LogP contribution in [0.5, 0.6) is 0 Å². The standard InChI is InChI=1S/C6H16Ge2/c1-7(2)5-8(3,4)6-7/h5-6H2,1-4H3. The second-order valence-corrected chi connectivity index (χ2v) is 32.0. The molecule has 0 aromatic carbocycles. The van der Waals surface area contributed by atoms with Crippen molar-refractivity contribution in [2.75, 3.05) is 0 Å². The van der Waals surface area contributed by atoms with Crippen molar-refractivity contribution in [3.05, 3.63) is 0 Å². The van der Waals surface area contributed by atoms with Gasteiger partial charge in [0.05, 0.1) is 0 Å². The Morgan fingerprint density at radius 3 is 1.00 bits per heavy atom. The second kappa shape index (κ2) is 1.78. The summed E-state index contributed by atoms with van der Waals surface area (Å²) in [5.41, 5.74) is 0. The molecule has 1 saturated heterocycles. The molecule has 0 unspecified atom stereocenters. The van der Waals surface area contributed by atoms with Crippen LogP contribution < -0.4 is 0 Å². The van der Waals surface area contributed by atoms with Crippen LogP contribution in [0, 0.1) is 0 Å². The Morgan fingerprint density at radius 1 is 0.750 bits per heavy atom. The van der Waals surface area contributed by atoms with E-state index in [1.165, 1.54) is 0 Å². The van der Waals surface area contributed by atoms with Crippen LogP contribution in [-0.2, 0) is 0 Å². The minimum atomic E-state index is -0.938. The van der Waals surface area contributed by atoms with Gasteiger partial charge in [-0.25, -0.2) is 0 Å². The Kier molecular flexibility index (Phi) is 1.60. The SMILES string of the molecule is [CH3][Ge]1([CH3])[CH2][Ge]([CH3])([CH3])[CH2]1. The normalized spacial score (nSPS) is 31.5. The molecule has 2 heteroatoms. The van der Waals surface area contributed by atoms with Crippen LogP contribution >= 0.6 is 0 Å². The van der Waals surface area contributed by atoms with Crippen LogP contribution in [0.3, 0.4) is 0 Å². The molecule has 0 atom stereocenters. The van der Waals surface area contributed by atoms with Crippen LogP contribution in [0.2, 0.25) is 31.2 Å². The molecule has 0 saturated carbocycles. The molecule has 8 heavy (non-hydrogen) atoms.